The Morgan fingerprint density at radius 1 is 1.33 bits per heavy atom. The van der Waals surface area contributed by atoms with E-state index in [0.29, 0.717) is 12.3 Å². The summed E-state index contributed by atoms with van der Waals surface area (Å²) >= 11 is 0. The Hall–Kier alpha value is -1.15. The number of rotatable bonds is 1. The van der Waals surface area contributed by atoms with Crippen molar-refractivity contribution < 1.29 is 9.53 Å². The summed E-state index contributed by atoms with van der Waals surface area (Å²) in [5, 5.41) is 0. The van der Waals surface area contributed by atoms with Crippen molar-refractivity contribution in [2.75, 3.05) is 0 Å². The largest absolute Gasteiger partial charge is 0.358 e. The number of ketones is 1. The highest BCUT2D eigenvalue weighted by Crippen LogP contribution is 2.50. The van der Waals surface area contributed by atoms with Gasteiger partial charge in [-0.3, -0.25) is 4.79 Å². The lowest BCUT2D eigenvalue weighted by molar-refractivity contribution is -0.121. The smallest absolute Gasteiger partial charge is 0.165 e. The summed E-state index contributed by atoms with van der Waals surface area (Å²) in [6.07, 6.45) is 1.52. The molecule has 3 atom stereocenters. The van der Waals surface area contributed by atoms with Crippen LogP contribution in [0.1, 0.15) is 31.2 Å². The van der Waals surface area contributed by atoms with Crippen LogP contribution in [0.25, 0.3) is 0 Å². The summed E-state index contributed by atoms with van der Waals surface area (Å²) in [6.45, 7) is 2.05. The molecule has 0 spiro atoms. The van der Waals surface area contributed by atoms with Gasteiger partial charge in [-0.15, -0.1) is 0 Å². The van der Waals surface area contributed by atoms with Crippen LogP contribution >= 0.6 is 0 Å². The molecule has 78 valence electrons. The summed E-state index contributed by atoms with van der Waals surface area (Å²) < 4.78 is 5.48. The van der Waals surface area contributed by atoms with Crippen LogP contribution in [0.2, 0.25) is 0 Å². The number of Topliss-reactive ketones (excluding diaryl/α,β-unsaturated/α-hetero) is 1. The van der Waals surface area contributed by atoms with Crippen LogP contribution in [0, 0.1) is 0 Å². The van der Waals surface area contributed by atoms with Crippen LogP contribution in [0.4, 0.5) is 0 Å². The Morgan fingerprint density at radius 3 is 2.73 bits per heavy atom. The third-order valence-corrected chi connectivity index (χ3v) is 3.55. The number of benzene rings is 1. The Morgan fingerprint density at radius 2 is 2.07 bits per heavy atom. The molecular weight excluding hydrogens is 188 g/mol. The topological polar surface area (TPSA) is 29.6 Å². The molecule has 1 heterocycles. The molecule has 0 amide bonds. The standard InChI is InChI=1S/C13H14O2/c1-13-8-10(7-11(14)12(13)15-13)9-5-3-2-4-6-9/h2-6,10,12H,7-8H2,1H3/t10-,12-,13+/m1/s1. The number of hydrogen-bond acceptors (Lipinski definition) is 2. The summed E-state index contributed by atoms with van der Waals surface area (Å²) in [5.41, 5.74) is 1.11. The predicted octanol–water partition coefficient (Wildman–Crippen LogP) is 2.29. The molecule has 1 aliphatic heterocycles. The molecule has 1 aromatic rings. The minimum atomic E-state index is -0.157. The SMILES string of the molecule is C[C@]12C[C@H](c3ccccc3)CC(=O)[C@H]1O2. The molecule has 1 aliphatic carbocycles. The van der Waals surface area contributed by atoms with Crippen molar-refractivity contribution in [3.8, 4) is 0 Å². The van der Waals surface area contributed by atoms with Crippen LogP contribution in [0.15, 0.2) is 30.3 Å². The second-order valence-electron chi connectivity index (χ2n) is 4.79. The lowest BCUT2D eigenvalue weighted by Gasteiger charge is -2.22. The van der Waals surface area contributed by atoms with Gasteiger partial charge in [0.25, 0.3) is 0 Å². The van der Waals surface area contributed by atoms with Gasteiger partial charge in [-0.1, -0.05) is 30.3 Å². The molecule has 1 saturated carbocycles. The second-order valence-corrected chi connectivity index (χ2v) is 4.79. The van der Waals surface area contributed by atoms with Crippen molar-refractivity contribution in [2.24, 2.45) is 0 Å². The quantitative estimate of drug-likeness (QED) is 0.654. The van der Waals surface area contributed by atoms with Crippen LogP contribution < -0.4 is 0 Å². The van der Waals surface area contributed by atoms with E-state index in [9.17, 15) is 4.79 Å². The van der Waals surface area contributed by atoms with Crippen molar-refractivity contribution in [1.29, 1.82) is 0 Å². The fourth-order valence-corrected chi connectivity index (χ4v) is 2.67. The minimum Gasteiger partial charge on any atom is -0.358 e. The van der Waals surface area contributed by atoms with Crippen molar-refractivity contribution >= 4 is 5.78 Å². The Balaban J connectivity index is 1.87. The molecule has 0 bridgehead atoms. The van der Waals surface area contributed by atoms with Crippen LogP contribution in [0.3, 0.4) is 0 Å². The lowest BCUT2D eigenvalue weighted by Crippen LogP contribution is -2.28. The number of fused-ring (bicyclic) bond motifs is 1. The van der Waals surface area contributed by atoms with Gasteiger partial charge >= 0.3 is 0 Å². The average Bonchev–Trinajstić information content (AvgIpc) is 2.92. The van der Waals surface area contributed by atoms with E-state index >= 15 is 0 Å². The first-order valence-electron chi connectivity index (χ1n) is 5.44. The molecule has 15 heavy (non-hydrogen) atoms. The molecule has 1 aromatic carbocycles. The second kappa shape index (κ2) is 2.92. The van der Waals surface area contributed by atoms with Gasteiger partial charge in [0, 0.05) is 6.42 Å². The van der Waals surface area contributed by atoms with Gasteiger partial charge in [0.2, 0.25) is 0 Å². The molecule has 2 nitrogen and oxygen atoms in total. The number of ether oxygens (including phenoxy) is 1. The van der Waals surface area contributed by atoms with Crippen LogP contribution in [-0.2, 0) is 9.53 Å². The van der Waals surface area contributed by atoms with Crippen molar-refractivity contribution in [1.82, 2.24) is 0 Å². The molecule has 2 heteroatoms. The lowest BCUT2D eigenvalue weighted by atomic mass is 9.78. The van der Waals surface area contributed by atoms with E-state index in [0.717, 1.165) is 6.42 Å². The summed E-state index contributed by atoms with van der Waals surface area (Å²) in [5.74, 6) is 0.625. The molecule has 2 fully saturated rings. The average molecular weight is 202 g/mol. The summed E-state index contributed by atoms with van der Waals surface area (Å²) in [4.78, 5) is 11.7. The van der Waals surface area contributed by atoms with Crippen LogP contribution in [-0.4, -0.2) is 17.5 Å². The third-order valence-electron chi connectivity index (χ3n) is 3.55. The predicted molar refractivity (Wildman–Crippen MR) is 56.7 cm³/mol. The van der Waals surface area contributed by atoms with Gasteiger partial charge in [0.15, 0.2) is 5.78 Å². The number of epoxide rings is 1. The first kappa shape index (κ1) is 9.10. The Kier molecular flexibility index (Phi) is 1.77. The number of carbonyl (C=O) groups excluding carboxylic acids is 1. The van der Waals surface area contributed by atoms with E-state index in [1.54, 1.807) is 0 Å². The van der Waals surface area contributed by atoms with E-state index in [1.165, 1.54) is 5.56 Å². The van der Waals surface area contributed by atoms with E-state index in [1.807, 2.05) is 25.1 Å². The molecular formula is C13H14O2. The van der Waals surface area contributed by atoms with E-state index in [4.69, 9.17) is 4.74 Å². The minimum absolute atomic E-state index is 0.0996. The maximum Gasteiger partial charge on any atom is 0.165 e. The first-order chi connectivity index (χ1) is 7.19. The van der Waals surface area contributed by atoms with Gasteiger partial charge in [-0.25, -0.2) is 0 Å². The van der Waals surface area contributed by atoms with Crippen LogP contribution in [0.5, 0.6) is 0 Å². The maximum absolute atomic E-state index is 11.7. The molecule has 0 N–H and O–H groups in total. The highest BCUT2D eigenvalue weighted by Gasteiger charge is 2.60. The van der Waals surface area contributed by atoms with Crippen molar-refractivity contribution in [3.63, 3.8) is 0 Å². The number of carbonyl (C=O) groups is 1. The molecule has 0 radical (unpaired) electrons. The molecule has 0 aromatic heterocycles. The van der Waals surface area contributed by atoms with Gasteiger partial charge in [-0.05, 0) is 24.8 Å². The summed E-state index contributed by atoms with van der Waals surface area (Å²) in [7, 11) is 0. The summed E-state index contributed by atoms with van der Waals surface area (Å²) in [6, 6.07) is 10.3. The van der Waals surface area contributed by atoms with E-state index < -0.39 is 0 Å². The van der Waals surface area contributed by atoms with Gasteiger partial charge in [0.1, 0.15) is 11.7 Å². The van der Waals surface area contributed by atoms with Gasteiger partial charge in [0.05, 0.1) is 0 Å². The molecule has 1 saturated heterocycles. The monoisotopic (exact) mass is 202 g/mol. The molecule has 0 unspecified atom stereocenters. The zero-order chi connectivity index (χ0) is 10.5. The fourth-order valence-electron chi connectivity index (χ4n) is 2.67. The Labute approximate surface area is 89.2 Å². The normalized spacial score (nSPS) is 38.6. The fraction of sp³-hybridized carbons (Fsp3) is 0.462. The first-order valence-corrected chi connectivity index (χ1v) is 5.44. The Bertz CT molecular complexity index is 398. The molecule has 3 rings (SSSR count). The highest BCUT2D eigenvalue weighted by molar-refractivity contribution is 5.88. The van der Waals surface area contributed by atoms with E-state index in [-0.39, 0.29) is 17.5 Å². The van der Waals surface area contributed by atoms with Crippen molar-refractivity contribution in [3.05, 3.63) is 35.9 Å². The zero-order valence-electron chi connectivity index (χ0n) is 8.77. The van der Waals surface area contributed by atoms with E-state index in [2.05, 4.69) is 12.1 Å². The zero-order valence-corrected chi connectivity index (χ0v) is 8.77. The maximum atomic E-state index is 11.7. The highest BCUT2D eigenvalue weighted by atomic mass is 16.6. The van der Waals surface area contributed by atoms with Gasteiger partial charge < -0.3 is 4.74 Å². The number of hydrogen-bond donors (Lipinski definition) is 0. The van der Waals surface area contributed by atoms with Gasteiger partial charge in [-0.2, -0.15) is 0 Å². The van der Waals surface area contributed by atoms with Crippen molar-refractivity contribution in [2.45, 2.75) is 37.4 Å². The molecule has 2 aliphatic rings. The third kappa shape index (κ3) is 1.40.